The molecule has 4 heterocycles. The van der Waals surface area contributed by atoms with Gasteiger partial charge >= 0.3 is 29.6 Å². The molecule has 0 unspecified atom stereocenters. The van der Waals surface area contributed by atoms with Crippen LogP contribution >= 0.6 is 23.4 Å². The third-order valence-corrected chi connectivity index (χ3v) is 10.9. The fourth-order valence-electron chi connectivity index (χ4n) is 6.75. The number of carbonyl (C=O) groups excluding carboxylic acids is 2. The first kappa shape index (κ1) is 52.9. The molecule has 10 nitrogen and oxygen atoms in total. The maximum absolute atomic E-state index is 13.1. The maximum atomic E-state index is 13.1. The Kier molecular flexibility index (Phi) is 19.8. The first-order valence-electron chi connectivity index (χ1n) is 19.0. The predicted octanol–water partition coefficient (Wildman–Crippen LogP) is 8.14. The minimum Gasteiger partial charge on any atom is -0.796 e. The van der Waals surface area contributed by atoms with E-state index in [1.54, 1.807) is 84.0 Å². The van der Waals surface area contributed by atoms with Gasteiger partial charge in [0.1, 0.15) is 5.15 Å². The number of pyridine rings is 4. The summed E-state index contributed by atoms with van der Waals surface area (Å²) in [5.41, 5.74) is 8.29. The van der Waals surface area contributed by atoms with Crippen LogP contribution in [0, 0.1) is 13.8 Å². The summed E-state index contributed by atoms with van der Waals surface area (Å²) in [5.74, 6) is -0.392. The summed E-state index contributed by atoms with van der Waals surface area (Å²) in [6, 6.07) is 36.5. The van der Waals surface area contributed by atoms with E-state index in [0.29, 0.717) is 44.3 Å². The Morgan fingerprint density at radius 2 is 1.00 bits per heavy atom. The molecule has 0 radical (unpaired) electrons. The van der Waals surface area contributed by atoms with Gasteiger partial charge in [0.25, 0.3) is 22.9 Å². The van der Waals surface area contributed by atoms with Crippen LogP contribution in [0.4, 0.5) is 11.4 Å². The van der Waals surface area contributed by atoms with Crippen molar-refractivity contribution in [1.82, 2.24) is 19.1 Å². The van der Waals surface area contributed by atoms with Crippen molar-refractivity contribution in [3.8, 4) is 22.3 Å². The Morgan fingerprint density at radius 3 is 1.42 bits per heavy atom. The maximum Gasteiger partial charge on any atom is 1.00 e. The fraction of sp³-hybridized carbons (Fsp3) is 0.160. The Bertz CT molecular complexity index is 3040. The molecule has 2 amide bonds. The van der Waals surface area contributed by atoms with E-state index in [2.05, 4.69) is 33.2 Å². The van der Waals surface area contributed by atoms with Crippen molar-refractivity contribution in [2.75, 3.05) is 23.1 Å². The van der Waals surface area contributed by atoms with E-state index in [4.69, 9.17) is 11.6 Å². The summed E-state index contributed by atoms with van der Waals surface area (Å²) < 4.78 is 3.22. The van der Waals surface area contributed by atoms with Crippen LogP contribution < -0.4 is 51.3 Å². The third kappa shape index (κ3) is 12.0. The SMILES string of the molecule is C.C.CSc1cc2c(cn1)cc(-c1cc(NC(=O)c3ccccc3)ccc1C)c(=O)n2C.C[S-].Cc1ccc(NC(=O)c2ccccc2)cc1-c1cc2cnc(Cl)cc2n(C)c1=O.[Na+]. The van der Waals surface area contributed by atoms with Crippen LogP contribution in [0.2, 0.25) is 5.15 Å². The number of benzene rings is 4. The van der Waals surface area contributed by atoms with E-state index in [1.165, 1.54) is 0 Å². The van der Waals surface area contributed by atoms with E-state index in [9.17, 15) is 19.2 Å². The Morgan fingerprint density at radius 1 is 0.594 bits per heavy atom. The largest absolute Gasteiger partial charge is 1.00 e. The molecule has 0 bridgehead atoms. The molecule has 2 N–H and O–H groups in total. The zero-order chi connectivity index (χ0) is 43.8. The molecule has 0 fully saturated rings. The molecule has 324 valence electrons. The van der Waals surface area contributed by atoms with Crippen LogP contribution in [0.1, 0.15) is 46.7 Å². The number of thioether (sulfide) groups is 1. The van der Waals surface area contributed by atoms with Crippen LogP contribution in [-0.4, -0.2) is 43.4 Å². The molecule has 64 heavy (non-hydrogen) atoms. The zero-order valence-corrected chi connectivity index (χ0v) is 39.7. The van der Waals surface area contributed by atoms with Crippen molar-refractivity contribution >= 4 is 81.0 Å². The van der Waals surface area contributed by atoms with Crippen LogP contribution in [0.5, 0.6) is 0 Å². The molecule has 0 saturated heterocycles. The van der Waals surface area contributed by atoms with E-state index >= 15 is 0 Å². The first-order valence-corrected chi connectivity index (χ1v) is 21.4. The average molecular weight is 922 g/mol. The Hall–Kier alpha value is -5.47. The summed E-state index contributed by atoms with van der Waals surface area (Å²) in [7, 11) is 3.48. The van der Waals surface area contributed by atoms with Gasteiger partial charge in [-0.05, 0) is 115 Å². The van der Waals surface area contributed by atoms with Crippen molar-refractivity contribution in [1.29, 1.82) is 0 Å². The first-order chi connectivity index (χ1) is 29.4. The van der Waals surface area contributed by atoms with E-state index in [0.717, 1.165) is 43.6 Å². The number of aryl methyl sites for hydroxylation is 4. The number of nitrogens with zero attached hydrogens (tertiary/aromatic N) is 4. The molecular weight excluding hydrogens is 871 g/mol. The number of aromatic nitrogens is 4. The third-order valence-electron chi connectivity index (χ3n) is 10.0. The van der Waals surface area contributed by atoms with Gasteiger partial charge in [0.15, 0.2) is 0 Å². The zero-order valence-electron chi connectivity index (χ0n) is 35.3. The standard InChI is InChI=1S/C24H21N3O2S.C23H18ClN3O2.CH4S.2CH4.Na/c1-15-9-10-18(26-23(28)16-7-5-4-6-8-16)12-19(15)20-11-17-14-25-22(30-3)13-21(17)27(2)24(20)29;1-14-8-9-17(26-22(28)15-6-4-3-5-7-15)11-18(14)19-10-16-13-25-21(24)12-20(16)27(2)23(19)29;1-2;;;/h4-14H,1-3H3,(H,26,28);3-13H,1-2H3,(H,26,28);2H,1H3;2*1H4;/q;;;;;+1/p-1. The molecule has 8 aromatic rings. The number of amides is 2. The monoisotopic (exact) mass is 920 g/mol. The summed E-state index contributed by atoms with van der Waals surface area (Å²) in [5, 5.41) is 8.72. The number of rotatable bonds is 7. The molecule has 0 aliphatic heterocycles. The second kappa shape index (κ2) is 24.0. The summed E-state index contributed by atoms with van der Waals surface area (Å²) in [6.07, 6.45) is 6.98. The van der Waals surface area contributed by atoms with Gasteiger partial charge in [0.05, 0.1) is 16.1 Å². The minimum atomic E-state index is -0.203. The van der Waals surface area contributed by atoms with Crippen LogP contribution in [0.3, 0.4) is 0 Å². The van der Waals surface area contributed by atoms with Crippen LogP contribution in [-0.2, 0) is 26.7 Å². The van der Waals surface area contributed by atoms with Crippen molar-refractivity contribution in [2.45, 2.75) is 33.7 Å². The number of anilines is 2. The van der Waals surface area contributed by atoms with Gasteiger partial charge in [0.2, 0.25) is 0 Å². The molecule has 14 heteroatoms. The average Bonchev–Trinajstić information content (AvgIpc) is 3.29. The number of fused-ring (bicyclic) bond motifs is 2. The molecular formula is C50H50ClN6NaO4S2. The second-order valence-corrected chi connectivity index (χ2v) is 15.1. The molecule has 4 aromatic heterocycles. The molecule has 0 aliphatic carbocycles. The summed E-state index contributed by atoms with van der Waals surface area (Å²) in [6.45, 7) is 3.89. The van der Waals surface area contributed by atoms with Gasteiger partial charge in [-0.25, -0.2) is 9.97 Å². The van der Waals surface area contributed by atoms with E-state index in [-0.39, 0.29) is 67.3 Å². The second-order valence-electron chi connectivity index (χ2n) is 13.9. The smallest absolute Gasteiger partial charge is 0.796 e. The van der Waals surface area contributed by atoms with Crippen molar-refractivity contribution in [2.24, 2.45) is 14.1 Å². The van der Waals surface area contributed by atoms with Gasteiger partial charge in [-0.2, -0.15) is 6.26 Å². The molecule has 0 spiro atoms. The van der Waals surface area contributed by atoms with E-state index < -0.39 is 0 Å². The summed E-state index contributed by atoms with van der Waals surface area (Å²) >= 11 is 11.6. The molecule has 8 rings (SSSR count). The Balaban J connectivity index is 0.000000314. The van der Waals surface area contributed by atoms with E-state index in [1.807, 2.05) is 111 Å². The normalized spacial score (nSPS) is 10.1. The number of hydrogen-bond donors (Lipinski definition) is 2. The van der Waals surface area contributed by atoms with Gasteiger partial charge in [-0.1, -0.05) is 75.0 Å². The number of hydrogen-bond acceptors (Lipinski definition) is 8. The molecule has 4 aromatic carbocycles. The van der Waals surface area contributed by atoms with Gasteiger partial charge in [-0.3, -0.25) is 19.2 Å². The van der Waals surface area contributed by atoms with Gasteiger partial charge < -0.3 is 32.4 Å². The summed E-state index contributed by atoms with van der Waals surface area (Å²) in [4.78, 5) is 59.7. The van der Waals surface area contributed by atoms with Crippen LogP contribution in [0.25, 0.3) is 44.1 Å². The molecule has 0 saturated carbocycles. The number of nitrogens with one attached hydrogen (secondary N) is 2. The molecule has 0 aliphatic rings. The van der Waals surface area contributed by atoms with Crippen molar-refractivity contribution < 1.29 is 39.1 Å². The topological polar surface area (TPSA) is 128 Å². The van der Waals surface area contributed by atoms with Gasteiger partial charge in [-0.15, -0.1) is 11.8 Å². The van der Waals surface area contributed by atoms with Crippen molar-refractivity contribution in [3.05, 3.63) is 182 Å². The van der Waals surface area contributed by atoms with Crippen molar-refractivity contribution in [3.63, 3.8) is 0 Å². The fourth-order valence-corrected chi connectivity index (χ4v) is 7.29. The minimum absolute atomic E-state index is 0. The number of halogens is 1. The van der Waals surface area contributed by atoms with Gasteiger partial charge in [0, 0.05) is 70.9 Å². The predicted molar refractivity (Wildman–Crippen MR) is 267 cm³/mol. The molecule has 0 atom stereocenters. The van der Waals surface area contributed by atoms with Crippen LogP contribution in [0.15, 0.2) is 148 Å². The quantitative estimate of drug-likeness (QED) is 0.0711. The Labute approximate surface area is 411 Å². The number of carbonyl (C=O) groups is 2.